The molecule has 7 nitrogen and oxygen atoms in total. The third kappa shape index (κ3) is 6.81. The van der Waals surface area contributed by atoms with Gasteiger partial charge in [-0.2, -0.15) is 0 Å². The predicted molar refractivity (Wildman–Crippen MR) is 151 cm³/mol. The molecule has 0 atom stereocenters. The summed E-state index contributed by atoms with van der Waals surface area (Å²) in [5.74, 6) is 0.365. The van der Waals surface area contributed by atoms with Crippen molar-refractivity contribution >= 4 is 15.9 Å². The van der Waals surface area contributed by atoms with Crippen molar-refractivity contribution in [3.05, 3.63) is 83.4 Å². The maximum Gasteiger partial charge on any atom is 0.409 e. The van der Waals surface area contributed by atoms with Gasteiger partial charge in [0.15, 0.2) is 9.84 Å². The molecule has 2 aliphatic rings. The molecular formula is C31H35FN2O5S. The van der Waals surface area contributed by atoms with Gasteiger partial charge in [-0.05, 0) is 65.3 Å². The van der Waals surface area contributed by atoms with Crippen molar-refractivity contribution in [1.29, 1.82) is 0 Å². The van der Waals surface area contributed by atoms with Crippen LogP contribution in [0.4, 0.5) is 9.18 Å². The van der Waals surface area contributed by atoms with Crippen molar-refractivity contribution in [1.82, 2.24) is 9.88 Å². The molecular weight excluding hydrogens is 531 g/mol. The Bertz CT molecular complexity index is 1450. The molecule has 2 aromatic carbocycles. The molecule has 3 aromatic rings. The number of fused-ring (bicyclic) bond motifs is 1. The van der Waals surface area contributed by atoms with E-state index >= 15 is 0 Å². The molecule has 5 rings (SSSR count). The van der Waals surface area contributed by atoms with E-state index in [1.54, 1.807) is 4.90 Å². The van der Waals surface area contributed by atoms with Gasteiger partial charge in [0.2, 0.25) is 0 Å². The van der Waals surface area contributed by atoms with Gasteiger partial charge >= 0.3 is 6.09 Å². The van der Waals surface area contributed by atoms with E-state index in [1.165, 1.54) is 12.1 Å². The van der Waals surface area contributed by atoms with Gasteiger partial charge in [-0.3, -0.25) is 4.98 Å². The second-order valence-electron chi connectivity index (χ2n) is 11.3. The highest BCUT2D eigenvalue weighted by atomic mass is 32.2. The predicted octanol–water partition coefficient (Wildman–Crippen LogP) is 5.95. The van der Waals surface area contributed by atoms with Crippen LogP contribution in [-0.2, 0) is 32.5 Å². The first-order chi connectivity index (χ1) is 19.1. The van der Waals surface area contributed by atoms with E-state index in [4.69, 9.17) is 9.47 Å². The number of carbonyl (C=O) groups is 1. The number of pyridine rings is 1. The van der Waals surface area contributed by atoms with Crippen LogP contribution in [0.5, 0.6) is 5.75 Å². The third-order valence-corrected chi connectivity index (χ3v) is 9.05. The molecule has 0 saturated carbocycles. The van der Waals surface area contributed by atoms with E-state index in [2.05, 4.69) is 11.1 Å². The van der Waals surface area contributed by atoms with Gasteiger partial charge in [-0.25, -0.2) is 17.6 Å². The number of piperidine rings is 1. The van der Waals surface area contributed by atoms with E-state index in [1.807, 2.05) is 50.2 Å². The summed E-state index contributed by atoms with van der Waals surface area (Å²) in [6.07, 6.45) is 4.16. The van der Waals surface area contributed by atoms with E-state index in [9.17, 15) is 17.6 Å². The van der Waals surface area contributed by atoms with Crippen molar-refractivity contribution in [2.24, 2.45) is 5.92 Å². The molecule has 1 spiro atoms. The number of hydrogen-bond acceptors (Lipinski definition) is 6. The SMILES string of the molecule is CC(C)COC(=O)N1CCC2(CCc3cc(-c4ccc(CS(=O)(=O)Cc5ccc(F)cn5)cc4)ccc3O2)CC1. The van der Waals surface area contributed by atoms with Gasteiger partial charge in [-0.15, -0.1) is 0 Å². The minimum atomic E-state index is -3.45. The first-order valence-electron chi connectivity index (χ1n) is 13.7. The minimum absolute atomic E-state index is 0.112. The fourth-order valence-electron chi connectivity index (χ4n) is 5.29. The zero-order valence-corrected chi connectivity index (χ0v) is 23.8. The Morgan fingerprint density at radius 3 is 2.42 bits per heavy atom. The number of carbonyl (C=O) groups excluding carboxylic acids is 1. The molecule has 1 fully saturated rings. The molecule has 0 N–H and O–H groups in total. The van der Waals surface area contributed by atoms with Crippen molar-refractivity contribution in [3.8, 4) is 16.9 Å². The Morgan fingerprint density at radius 1 is 1.02 bits per heavy atom. The molecule has 2 aliphatic heterocycles. The summed E-state index contributed by atoms with van der Waals surface area (Å²) in [5.41, 5.74) is 3.96. The number of sulfone groups is 1. The largest absolute Gasteiger partial charge is 0.487 e. The summed E-state index contributed by atoms with van der Waals surface area (Å²) in [4.78, 5) is 18.0. The van der Waals surface area contributed by atoms with E-state index < -0.39 is 15.7 Å². The highest BCUT2D eigenvalue weighted by molar-refractivity contribution is 7.89. The van der Waals surface area contributed by atoms with Crippen molar-refractivity contribution in [2.75, 3.05) is 19.7 Å². The van der Waals surface area contributed by atoms with Gasteiger partial charge < -0.3 is 14.4 Å². The number of nitrogens with zero attached hydrogens (tertiary/aromatic N) is 2. The van der Waals surface area contributed by atoms with Gasteiger partial charge in [0, 0.05) is 25.9 Å². The van der Waals surface area contributed by atoms with Gasteiger partial charge in [0.25, 0.3) is 0 Å². The van der Waals surface area contributed by atoms with Gasteiger partial charge in [0.1, 0.15) is 17.2 Å². The van der Waals surface area contributed by atoms with Crippen LogP contribution in [0.3, 0.4) is 0 Å². The van der Waals surface area contributed by atoms with Crippen LogP contribution in [0.15, 0.2) is 60.8 Å². The molecule has 1 saturated heterocycles. The topological polar surface area (TPSA) is 85.8 Å². The normalized spacial score (nSPS) is 16.4. The molecule has 1 aromatic heterocycles. The maximum absolute atomic E-state index is 13.1. The lowest BCUT2D eigenvalue weighted by Crippen LogP contribution is -2.51. The maximum atomic E-state index is 13.1. The van der Waals surface area contributed by atoms with Crippen molar-refractivity contribution in [3.63, 3.8) is 0 Å². The van der Waals surface area contributed by atoms with Gasteiger partial charge in [-0.1, -0.05) is 44.2 Å². The second kappa shape index (κ2) is 11.6. The second-order valence-corrected chi connectivity index (χ2v) is 13.3. The van der Waals surface area contributed by atoms with Crippen molar-refractivity contribution in [2.45, 2.75) is 56.6 Å². The van der Waals surface area contributed by atoms with E-state index in [0.717, 1.165) is 54.3 Å². The van der Waals surface area contributed by atoms with Crippen LogP contribution in [0, 0.1) is 11.7 Å². The molecule has 0 radical (unpaired) electrons. The van der Waals surface area contributed by atoms with E-state index in [0.29, 0.717) is 36.9 Å². The Kier molecular flexibility index (Phi) is 8.12. The average molecular weight is 567 g/mol. The molecule has 212 valence electrons. The number of halogens is 1. The summed E-state index contributed by atoms with van der Waals surface area (Å²) in [6, 6.07) is 16.3. The Balaban J connectivity index is 1.19. The minimum Gasteiger partial charge on any atom is -0.487 e. The average Bonchev–Trinajstić information content (AvgIpc) is 2.93. The van der Waals surface area contributed by atoms with E-state index in [-0.39, 0.29) is 23.2 Å². The Hall–Kier alpha value is -3.46. The standard InChI is InChI=1S/C31H35FN2O5S/c1-22(2)19-38-30(35)34-15-13-31(14-16-34)12-11-26-17-25(7-10-29(26)39-31)24-5-3-23(4-6-24)20-40(36,37)21-28-9-8-27(32)18-33-28/h3-10,17-18,22H,11-16,19-21H2,1-2H3. The molecule has 3 heterocycles. The molecule has 40 heavy (non-hydrogen) atoms. The van der Waals surface area contributed by atoms with Crippen LogP contribution in [0.1, 0.15) is 49.9 Å². The zero-order valence-electron chi connectivity index (χ0n) is 22.9. The number of likely N-dealkylation sites (tertiary alicyclic amines) is 1. The molecule has 0 bridgehead atoms. The number of aromatic nitrogens is 1. The highest BCUT2D eigenvalue weighted by Crippen LogP contribution is 2.41. The highest BCUT2D eigenvalue weighted by Gasteiger charge is 2.40. The number of benzene rings is 2. The van der Waals surface area contributed by atoms with Crippen LogP contribution in [0.2, 0.25) is 0 Å². The fourth-order valence-corrected chi connectivity index (χ4v) is 6.72. The van der Waals surface area contributed by atoms with Gasteiger partial charge in [0.05, 0.1) is 30.0 Å². The monoisotopic (exact) mass is 566 g/mol. The molecule has 1 amide bonds. The smallest absolute Gasteiger partial charge is 0.409 e. The zero-order chi connectivity index (χ0) is 28.3. The lowest BCUT2D eigenvalue weighted by atomic mass is 9.82. The Labute approximate surface area is 235 Å². The van der Waals surface area contributed by atoms with Crippen LogP contribution < -0.4 is 4.74 Å². The number of amides is 1. The number of rotatable bonds is 7. The first kappa shape index (κ1) is 28.1. The summed E-state index contributed by atoms with van der Waals surface area (Å²) in [6.45, 7) is 5.75. The van der Waals surface area contributed by atoms with Crippen molar-refractivity contribution < 1.29 is 27.1 Å². The first-order valence-corrected chi connectivity index (χ1v) is 15.6. The van der Waals surface area contributed by atoms with Crippen LogP contribution >= 0.6 is 0 Å². The Morgan fingerprint density at radius 2 is 1.75 bits per heavy atom. The number of ether oxygens (including phenoxy) is 2. The summed E-state index contributed by atoms with van der Waals surface area (Å²) < 4.78 is 50.3. The van der Waals surface area contributed by atoms with Crippen LogP contribution in [-0.4, -0.2) is 49.7 Å². The summed E-state index contributed by atoms with van der Waals surface area (Å²) in [7, 11) is -3.45. The number of aryl methyl sites for hydroxylation is 1. The number of hydrogen-bond donors (Lipinski definition) is 0. The van der Waals surface area contributed by atoms with Crippen LogP contribution in [0.25, 0.3) is 11.1 Å². The fraction of sp³-hybridized carbons (Fsp3) is 0.419. The third-order valence-electron chi connectivity index (χ3n) is 7.54. The summed E-state index contributed by atoms with van der Waals surface area (Å²) >= 11 is 0. The summed E-state index contributed by atoms with van der Waals surface area (Å²) in [5, 5.41) is 0. The molecule has 0 aliphatic carbocycles. The lowest BCUT2D eigenvalue weighted by molar-refractivity contribution is -0.0152. The molecule has 0 unspecified atom stereocenters. The quantitative estimate of drug-likeness (QED) is 0.351. The molecule has 9 heteroatoms. The lowest BCUT2D eigenvalue weighted by Gasteiger charge is -2.44.